The number of rotatable bonds is 5. The molecule has 6 heteroatoms. The first kappa shape index (κ1) is 16.2. The molecule has 0 saturated carbocycles. The van der Waals surface area contributed by atoms with Crippen molar-refractivity contribution in [2.24, 2.45) is 0 Å². The number of halogens is 4. The first-order valence-corrected chi connectivity index (χ1v) is 7.17. The van der Waals surface area contributed by atoms with Crippen LogP contribution in [0.1, 0.15) is 30.9 Å². The van der Waals surface area contributed by atoms with Crippen LogP contribution in [-0.2, 0) is 12.7 Å². The highest BCUT2D eigenvalue weighted by molar-refractivity contribution is 5.26. The van der Waals surface area contributed by atoms with Crippen molar-refractivity contribution in [1.82, 2.24) is 10.2 Å². The minimum atomic E-state index is -4.52. The molecule has 2 rings (SSSR count). The van der Waals surface area contributed by atoms with Crippen LogP contribution in [0.3, 0.4) is 0 Å². The summed E-state index contributed by atoms with van der Waals surface area (Å²) in [5.41, 5.74) is -0.623. The molecule has 0 aromatic heterocycles. The van der Waals surface area contributed by atoms with Crippen LogP contribution in [0.5, 0.6) is 0 Å². The summed E-state index contributed by atoms with van der Waals surface area (Å²) >= 11 is 0. The number of nitrogens with zero attached hydrogens (tertiary/aromatic N) is 1. The molecule has 1 fully saturated rings. The van der Waals surface area contributed by atoms with E-state index >= 15 is 0 Å². The van der Waals surface area contributed by atoms with Gasteiger partial charge in [-0.05, 0) is 56.6 Å². The summed E-state index contributed by atoms with van der Waals surface area (Å²) in [4.78, 5) is 2.32. The molecule has 118 valence electrons. The van der Waals surface area contributed by atoms with E-state index in [1.807, 2.05) is 6.92 Å². The van der Waals surface area contributed by atoms with Crippen molar-refractivity contribution in [3.63, 3.8) is 0 Å². The second-order valence-corrected chi connectivity index (χ2v) is 5.64. The lowest BCUT2D eigenvalue weighted by Crippen LogP contribution is -2.37. The van der Waals surface area contributed by atoms with E-state index in [-0.39, 0.29) is 12.6 Å². The molecule has 1 aromatic rings. The van der Waals surface area contributed by atoms with E-state index in [1.165, 1.54) is 12.8 Å². The number of nitrogens with one attached hydrogen (secondary N) is 1. The molecule has 1 aliphatic heterocycles. The van der Waals surface area contributed by atoms with Gasteiger partial charge in [0.1, 0.15) is 5.82 Å². The Labute approximate surface area is 122 Å². The highest BCUT2D eigenvalue weighted by atomic mass is 19.4. The number of likely N-dealkylation sites (tertiary alicyclic amines) is 1. The third-order valence-corrected chi connectivity index (χ3v) is 3.67. The van der Waals surface area contributed by atoms with Gasteiger partial charge in [0.25, 0.3) is 0 Å². The Morgan fingerprint density at radius 1 is 1.19 bits per heavy atom. The van der Waals surface area contributed by atoms with E-state index in [1.54, 1.807) is 0 Å². The fraction of sp³-hybridized carbons (Fsp3) is 0.600. The lowest BCUT2D eigenvalue weighted by atomic mass is 10.1. The summed E-state index contributed by atoms with van der Waals surface area (Å²) in [5, 5.41) is 3.16. The Morgan fingerprint density at radius 3 is 2.48 bits per heavy atom. The first-order chi connectivity index (χ1) is 9.84. The molecular weight excluding hydrogens is 284 g/mol. The van der Waals surface area contributed by atoms with E-state index < -0.39 is 17.6 Å². The summed E-state index contributed by atoms with van der Waals surface area (Å²) in [5.74, 6) is -0.853. The maximum absolute atomic E-state index is 13.3. The molecule has 1 atom stereocenters. The first-order valence-electron chi connectivity index (χ1n) is 7.17. The zero-order valence-corrected chi connectivity index (χ0v) is 12.0. The highest BCUT2D eigenvalue weighted by Crippen LogP contribution is 2.30. The molecule has 0 radical (unpaired) electrons. The maximum Gasteiger partial charge on any atom is 0.416 e. The number of hydrogen-bond donors (Lipinski definition) is 1. The van der Waals surface area contributed by atoms with Crippen LogP contribution >= 0.6 is 0 Å². The third kappa shape index (κ3) is 4.97. The topological polar surface area (TPSA) is 15.3 Å². The lowest BCUT2D eigenvalue weighted by molar-refractivity contribution is -0.137. The van der Waals surface area contributed by atoms with Crippen LogP contribution in [0.15, 0.2) is 18.2 Å². The number of alkyl halides is 3. The second kappa shape index (κ2) is 6.75. The fourth-order valence-corrected chi connectivity index (χ4v) is 2.63. The van der Waals surface area contributed by atoms with E-state index in [0.29, 0.717) is 11.6 Å². The van der Waals surface area contributed by atoms with Crippen LogP contribution in [-0.4, -0.2) is 30.6 Å². The quantitative estimate of drug-likeness (QED) is 0.839. The van der Waals surface area contributed by atoms with Gasteiger partial charge in [-0.3, -0.25) is 0 Å². The van der Waals surface area contributed by atoms with Crippen molar-refractivity contribution in [3.8, 4) is 0 Å². The van der Waals surface area contributed by atoms with Crippen molar-refractivity contribution >= 4 is 0 Å². The molecule has 2 nitrogen and oxygen atoms in total. The normalized spacial score (nSPS) is 18.1. The maximum atomic E-state index is 13.3. The molecular formula is C15H20F4N2. The Balaban J connectivity index is 1.91. The van der Waals surface area contributed by atoms with E-state index in [9.17, 15) is 17.6 Å². The molecule has 0 bridgehead atoms. The largest absolute Gasteiger partial charge is 0.416 e. The second-order valence-electron chi connectivity index (χ2n) is 5.64. The van der Waals surface area contributed by atoms with Gasteiger partial charge in [-0.25, -0.2) is 4.39 Å². The van der Waals surface area contributed by atoms with E-state index in [0.717, 1.165) is 31.8 Å². The standard InChI is InChI=1S/C15H20F4N2/c1-11(10-21-4-2-3-5-21)20-9-12-6-13(15(17,18)19)8-14(16)7-12/h6-8,11,20H,2-5,9-10H2,1H3. The molecule has 1 saturated heterocycles. The van der Waals surface area contributed by atoms with Crippen molar-refractivity contribution in [3.05, 3.63) is 35.1 Å². The van der Waals surface area contributed by atoms with Crippen molar-refractivity contribution < 1.29 is 17.6 Å². The van der Waals surface area contributed by atoms with Crippen LogP contribution in [0.25, 0.3) is 0 Å². The molecule has 1 N–H and O–H groups in total. The van der Waals surface area contributed by atoms with Crippen LogP contribution in [0, 0.1) is 5.82 Å². The highest BCUT2D eigenvalue weighted by Gasteiger charge is 2.31. The summed E-state index contributed by atoms with van der Waals surface area (Å²) in [7, 11) is 0. The van der Waals surface area contributed by atoms with Crippen LogP contribution in [0.4, 0.5) is 17.6 Å². The molecule has 1 aromatic carbocycles. The smallest absolute Gasteiger partial charge is 0.309 e. The monoisotopic (exact) mass is 304 g/mol. The molecule has 1 unspecified atom stereocenters. The summed E-state index contributed by atoms with van der Waals surface area (Å²) in [6.45, 7) is 5.23. The van der Waals surface area contributed by atoms with Crippen LogP contribution < -0.4 is 5.32 Å². The van der Waals surface area contributed by atoms with E-state index in [4.69, 9.17) is 0 Å². The average molecular weight is 304 g/mol. The van der Waals surface area contributed by atoms with Crippen LogP contribution in [0.2, 0.25) is 0 Å². The van der Waals surface area contributed by atoms with Gasteiger partial charge in [0, 0.05) is 19.1 Å². The summed E-state index contributed by atoms with van der Waals surface area (Å²) in [6, 6.07) is 2.82. The van der Waals surface area contributed by atoms with Crippen molar-refractivity contribution in [2.45, 2.75) is 38.5 Å². The van der Waals surface area contributed by atoms with Crippen molar-refractivity contribution in [1.29, 1.82) is 0 Å². The van der Waals surface area contributed by atoms with Gasteiger partial charge >= 0.3 is 6.18 Å². The van der Waals surface area contributed by atoms with Gasteiger partial charge in [-0.2, -0.15) is 13.2 Å². The summed E-state index contributed by atoms with van der Waals surface area (Å²) < 4.78 is 51.1. The predicted molar refractivity (Wildman–Crippen MR) is 73.4 cm³/mol. The van der Waals surface area contributed by atoms with Gasteiger partial charge in [0.05, 0.1) is 5.56 Å². The number of hydrogen-bond acceptors (Lipinski definition) is 2. The Morgan fingerprint density at radius 2 is 1.86 bits per heavy atom. The van der Waals surface area contributed by atoms with Crippen molar-refractivity contribution in [2.75, 3.05) is 19.6 Å². The van der Waals surface area contributed by atoms with E-state index in [2.05, 4.69) is 10.2 Å². The number of benzene rings is 1. The fourth-order valence-electron chi connectivity index (χ4n) is 2.63. The Kier molecular flexibility index (Phi) is 5.22. The predicted octanol–water partition coefficient (Wildman–Crippen LogP) is 3.42. The SMILES string of the molecule is CC(CN1CCCC1)NCc1cc(F)cc(C(F)(F)F)c1. The minimum Gasteiger partial charge on any atom is -0.309 e. The summed E-state index contributed by atoms with van der Waals surface area (Å²) in [6.07, 6.45) is -2.12. The zero-order valence-electron chi connectivity index (χ0n) is 12.0. The van der Waals surface area contributed by atoms with Gasteiger partial charge in [0.2, 0.25) is 0 Å². The molecule has 0 amide bonds. The zero-order chi connectivity index (χ0) is 15.5. The minimum absolute atomic E-state index is 0.153. The Bertz CT molecular complexity index is 467. The molecule has 1 aliphatic rings. The average Bonchev–Trinajstić information content (AvgIpc) is 2.87. The van der Waals surface area contributed by atoms with Gasteiger partial charge in [-0.15, -0.1) is 0 Å². The van der Waals surface area contributed by atoms with Gasteiger partial charge in [0.15, 0.2) is 0 Å². The Hall–Kier alpha value is -1.14. The van der Waals surface area contributed by atoms with Gasteiger partial charge in [-0.1, -0.05) is 0 Å². The molecule has 21 heavy (non-hydrogen) atoms. The molecule has 1 heterocycles. The van der Waals surface area contributed by atoms with Gasteiger partial charge < -0.3 is 10.2 Å². The third-order valence-electron chi connectivity index (χ3n) is 3.67. The lowest BCUT2D eigenvalue weighted by Gasteiger charge is -2.21. The molecule has 0 spiro atoms. The molecule has 0 aliphatic carbocycles.